The van der Waals surface area contributed by atoms with E-state index in [1.165, 1.54) is 42.0 Å². The fourth-order valence-corrected chi connectivity index (χ4v) is 5.87. The molecule has 8 nitrogen and oxygen atoms in total. The molecule has 2 fully saturated rings. The molecule has 1 aromatic heterocycles. The Hall–Kier alpha value is -4.60. The zero-order valence-electron chi connectivity index (χ0n) is 25.1. The minimum Gasteiger partial charge on any atom is -0.501 e. The van der Waals surface area contributed by atoms with Gasteiger partial charge in [0.2, 0.25) is 11.8 Å². The molecule has 0 spiro atoms. The summed E-state index contributed by atoms with van der Waals surface area (Å²) in [5.41, 5.74) is 4.53. The van der Waals surface area contributed by atoms with Gasteiger partial charge in [-0.1, -0.05) is 30.4 Å². The number of alkyl halides is 1. The Morgan fingerprint density at radius 2 is 1.98 bits per heavy atom. The predicted octanol–water partition coefficient (Wildman–Crippen LogP) is 5.49. The van der Waals surface area contributed by atoms with Gasteiger partial charge in [0, 0.05) is 11.8 Å². The van der Waals surface area contributed by atoms with E-state index < -0.39 is 48.3 Å². The van der Waals surface area contributed by atoms with E-state index in [1.54, 1.807) is 12.3 Å². The minimum atomic E-state index is -1.36. The van der Waals surface area contributed by atoms with Crippen LogP contribution in [0.5, 0.6) is 0 Å². The van der Waals surface area contributed by atoms with Gasteiger partial charge in [0.05, 0.1) is 37.5 Å². The Kier molecular flexibility index (Phi) is 8.91. The summed E-state index contributed by atoms with van der Waals surface area (Å²) in [4.78, 5) is 44.8. The molecule has 3 aliphatic rings. The maximum Gasteiger partial charge on any atom is 0.270 e. The number of hydrogen-bond donors (Lipinski definition) is 2. The standard InChI is InChI=1S/C35H36F2N4O4/c1-21(29-16-24(26-3-2-14-45-20-26)9-8-23(29)7-6-22-4-5-22)39-35(44)32-17-28(37)19-41(32)33(42)18-38-34(43)31-12-10-25-15-27(36)11-13-30(25)40-31/h6-13,15-16,20-22,28,32H,2-5,14,17-19H2,1H3,(H,38,43)(H,39,44)/b7-6+/t21-,28+,32-/m0/s1. The highest BCUT2D eigenvalue weighted by Gasteiger charge is 2.40. The van der Waals surface area contributed by atoms with Crippen LogP contribution in [0.2, 0.25) is 0 Å². The first-order valence-corrected chi connectivity index (χ1v) is 15.5. The normalized spacial score (nSPS) is 20.5. The second kappa shape index (κ2) is 13.2. The van der Waals surface area contributed by atoms with E-state index in [9.17, 15) is 23.2 Å². The Balaban J connectivity index is 1.13. The summed E-state index contributed by atoms with van der Waals surface area (Å²) in [5, 5.41) is 6.08. The fourth-order valence-electron chi connectivity index (χ4n) is 5.87. The van der Waals surface area contributed by atoms with Crippen LogP contribution in [0.4, 0.5) is 8.78 Å². The highest BCUT2D eigenvalue weighted by atomic mass is 19.1. The highest BCUT2D eigenvalue weighted by molar-refractivity contribution is 5.97. The lowest BCUT2D eigenvalue weighted by atomic mass is 9.93. The van der Waals surface area contributed by atoms with E-state index in [2.05, 4.69) is 46.0 Å². The lowest BCUT2D eigenvalue weighted by Gasteiger charge is -2.26. The van der Waals surface area contributed by atoms with Gasteiger partial charge in [0.25, 0.3) is 5.91 Å². The maximum atomic E-state index is 14.6. The summed E-state index contributed by atoms with van der Waals surface area (Å²) in [6.45, 7) is 1.92. The van der Waals surface area contributed by atoms with E-state index in [1.807, 2.05) is 6.92 Å². The van der Waals surface area contributed by atoms with Gasteiger partial charge in [-0.25, -0.2) is 13.8 Å². The monoisotopic (exact) mass is 614 g/mol. The third-order valence-electron chi connectivity index (χ3n) is 8.54. The van der Waals surface area contributed by atoms with E-state index in [0.717, 1.165) is 35.1 Å². The van der Waals surface area contributed by atoms with Gasteiger partial charge < -0.3 is 20.3 Å². The second-order valence-electron chi connectivity index (χ2n) is 12.0. The molecule has 45 heavy (non-hydrogen) atoms. The van der Waals surface area contributed by atoms with Crippen LogP contribution >= 0.6 is 0 Å². The first-order chi connectivity index (χ1) is 21.7. The van der Waals surface area contributed by atoms with Crippen LogP contribution in [-0.4, -0.2) is 59.5 Å². The predicted molar refractivity (Wildman–Crippen MR) is 167 cm³/mol. The largest absolute Gasteiger partial charge is 0.501 e. The number of benzene rings is 2. The zero-order chi connectivity index (χ0) is 31.5. The number of ether oxygens (including phenoxy) is 1. The van der Waals surface area contributed by atoms with Crippen LogP contribution in [-0.2, 0) is 14.3 Å². The van der Waals surface area contributed by atoms with Gasteiger partial charge in [0.15, 0.2) is 0 Å². The van der Waals surface area contributed by atoms with Crippen LogP contribution in [0.1, 0.15) is 72.2 Å². The minimum absolute atomic E-state index is 0.0548. The molecule has 3 atom stereocenters. The molecule has 2 aromatic carbocycles. The molecule has 0 bridgehead atoms. The molecule has 234 valence electrons. The van der Waals surface area contributed by atoms with Gasteiger partial charge in [-0.05, 0) is 91.1 Å². The Morgan fingerprint density at radius 3 is 2.76 bits per heavy atom. The van der Waals surface area contributed by atoms with Crippen molar-refractivity contribution in [3.05, 3.63) is 89.1 Å². The smallest absolute Gasteiger partial charge is 0.270 e. The summed E-state index contributed by atoms with van der Waals surface area (Å²) in [6.07, 6.45) is 8.80. The summed E-state index contributed by atoms with van der Waals surface area (Å²) in [5.74, 6) is -1.46. The molecule has 3 heterocycles. The third-order valence-corrected chi connectivity index (χ3v) is 8.54. The van der Waals surface area contributed by atoms with Crippen molar-refractivity contribution in [1.82, 2.24) is 20.5 Å². The number of likely N-dealkylation sites (tertiary alicyclic amines) is 1. The molecule has 1 saturated heterocycles. The number of amides is 3. The van der Waals surface area contributed by atoms with Crippen molar-refractivity contribution in [3.8, 4) is 0 Å². The van der Waals surface area contributed by atoms with Gasteiger partial charge in [-0.3, -0.25) is 14.4 Å². The van der Waals surface area contributed by atoms with Crippen LogP contribution < -0.4 is 10.6 Å². The number of allylic oxidation sites excluding steroid dienone is 2. The molecule has 3 aromatic rings. The quantitative estimate of drug-likeness (QED) is 0.332. The van der Waals surface area contributed by atoms with Crippen molar-refractivity contribution in [2.75, 3.05) is 19.7 Å². The lowest BCUT2D eigenvalue weighted by molar-refractivity contribution is -0.138. The number of carbonyl (C=O) groups excluding carboxylic acids is 3. The van der Waals surface area contributed by atoms with Crippen molar-refractivity contribution in [2.24, 2.45) is 5.92 Å². The number of nitrogens with zero attached hydrogens (tertiary/aromatic N) is 2. The van der Waals surface area contributed by atoms with E-state index >= 15 is 0 Å². The molecule has 2 N–H and O–H groups in total. The Bertz CT molecular complexity index is 1690. The number of nitrogens with one attached hydrogen (secondary N) is 2. The molecule has 6 rings (SSSR count). The van der Waals surface area contributed by atoms with Crippen molar-refractivity contribution >= 4 is 40.3 Å². The summed E-state index contributed by atoms with van der Waals surface area (Å²) < 4.78 is 33.7. The number of carbonyl (C=O) groups is 3. The van der Waals surface area contributed by atoms with E-state index in [-0.39, 0.29) is 18.7 Å². The van der Waals surface area contributed by atoms with Crippen molar-refractivity contribution in [2.45, 2.75) is 57.3 Å². The molecule has 3 amide bonds. The van der Waals surface area contributed by atoms with Crippen molar-refractivity contribution in [3.63, 3.8) is 0 Å². The molecule has 1 saturated carbocycles. The number of hydrogen-bond acceptors (Lipinski definition) is 5. The maximum absolute atomic E-state index is 14.6. The SMILES string of the molecule is C[C@H](NC(=O)[C@@H]1C[C@@H](F)CN1C(=O)CNC(=O)c1ccc2cc(F)ccc2n1)c1cc(C2=COCCC2)ccc1/C=C/C1CC1. The fraction of sp³-hybridized carbons (Fsp3) is 0.371. The summed E-state index contributed by atoms with van der Waals surface area (Å²) >= 11 is 0. The molecule has 1 aliphatic carbocycles. The van der Waals surface area contributed by atoms with Gasteiger partial charge >= 0.3 is 0 Å². The average molecular weight is 615 g/mol. The molecule has 0 radical (unpaired) electrons. The van der Waals surface area contributed by atoms with Crippen molar-refractivity contribution in [1.29, 1.82) is 0 Å². The third kappa shape index (κ3) is 7.21. The van der Waals surface area contributed by atoms with Crippen molar-refractivity contribution < 1.29 is 27.9 Å². The van der Waals surface area contributed by atoms with Crippen LogP contribution in [0.3, 0.4) is 0 Å². The molecular formula is C35H36F2N4O4. The summed E-state index contributed by atoms with van der Waals surface area (Å²) in [7, 11) is 0. The van der Waals surface area contributed by atoms with Crippen LogP contribution in [0.15, 0.2) is 60.9 Å². The molecule has 10 heteroatoms. The number of aromatic nitrogens is 1. The van der Waals surface area contributed by atoms with E-state index in [0.29, 0.717) is 23.4 Å². The number of pyridine rings is 1. The highest BCUT2D eigenvalue weighted by Crippen LogP contribution is 2.33. The topological polar surface area (TPSA) is 101 Å². The van der Waals surface area contributed by atoms with Gasteiger partial charge in [-0.2, -0.15) is 0 Å². The van der Waals surface area contributed by atoms with Gasteiger partial charge in [-0.15, -0.1) is 0 Å². The Morgan fingerprint density at radius 1 is 1.13 bits per heavy atom. The molecule has 0 unspecified atom stereocenters. The first kappa shape index (κ1) is 30.4. The lowest BCUT2D eigenvalue weighted by Crippen LogP contribution is -2.49. The number of rotatable bonds is 9. The molecular weight excluding hydrogens is 578 g/mol. The van der Waals surface area contributed by atoms with E-state index in [4.69, 9.17) is 4.74 Å². The molecule has 2 aliphatic heterocycles. The Labute approximate surface area is 260 Å². The van der Waals surface area contributed by atoms with Crippen LogP contribution in [0.25, 0.3) is 22.6 Å². The first-order valence-electron chi connectivity index (χ1n) is 15.5. The van der Waals surface area contributed by atoms with Gasteiger partial charge in [0.1, 0.15) is 23.7 Å². The number of fused-ring (bicyclic) bond motifs is 1. The zero-order valence-corrected chi connectivity index (χ0v) is 25.1. The van der Waals surface area contributed by atoms with Crippen LogP contribution in [0, 0.1) is 11.7 Å². The number of halogens is 2. The second-order valence-corrected chi connectivity index (χ2v) is 12.0. The average Bonchev–Trinajstić information content (AvgIpc) is 3.80. The summed E-state index contributed by atoms with van der Waals surface area (Å²) in [6, 6.07) is 11.8.